The minimum Gasteiger partial charge on any atom is -0.383 e. The van der Waals surface area contributed by atoms with Gasteiger partial charge in [-0.1, -0.05) is 6.07 Å². The first-order valence-corrected chi connectivity index (χ1v) is 5.77. The Morgan fingerprint density at radius 1 is 1.37 bits per heavy atom. The summed E-state index contributed by atoms with van der Waals surface area (Å²) in [6, 6.07) is 3.14. The predicted octanol–water partition coefficient (Wildman–Crippen LogP) is 2.43. The first-order valence-electron chi connectivity index (χ1n) is 5.77. The summed E-state index contributed by atoms with van der Waals surface area (Å²) in [7, 11) is 1.55. The van der Waals surface area contributed by atoms with E-state index in [1.807, 2.05) is 0 Å². The van der Waals surface area contributed by atoms with Crippen molar-refractivity contribution in [3.8, 4) is 0 Å². The number of Topliss-reactive ketones (excluding diaryl/α,β-unsaturated/α-hetero) is 1. The summed E-state index contributed by atoms with van der Waals surface area (Å²) < 4.78 is 42.2. The van der Waals surface area contributed by atoms with Gasteiger partial charge in [-0.25, -0.2) is 0 Å². The summed E-state index contributed by atoms with van der Waals surface area (Å²) in [6.07, 6.45) is -4.39. The number of ether oxygens (including phenoxy) is 1. The molecule has 0 unspecified atom stereocenters. The highest BCUT2D eigenvalue weighted by Gasteiger charge is 2.30. The predicted molar refractivity (Wildman–Crippen MR) is 65.3 cm³/mol. The van der Waals surface area contributed by atoms with Gasteiger partial charge in [-0.15, -0.1) is 0 Å². The zero-order valence-corrected chi connectivity index (χ0v) is 10.8. The van der Waals surface area contributed by atoms with E-state index in [1.165, 1.54) is 13.0 Å². The molecule has 106 valence electrons. The number of nitrogens with one attached hydrogen (secondary N) is 1. The highest BCUT2D eigenvalue weighted by atomic mass is 19.4. The van der Waals surface area contributed by atoms with Crippen LogP contribution in [0.1, 0.15) is 21.5 Å². The largest absolute Gasteiger partial charge is 0.416 e. The van der Waals surface area contributed by atoms with Crippen molar-refractivity contribution >= 4 is 5.78 Å². The lowest BCUT2D eigenvalue weighted by molar-refractivity contribution is -0.137. The van der Waals surface area contributed by atoms with Crippen LogP contribution < -0.4 is 5.32 Å². The first-order chi connectivity index (χ1) is 8.86. The molecule has 0 fully saturated rings. The molecule has 0 amide bonds. The molecule has 0 aliphatic rings. The van der Waals surface area contributed by atoms with E-state index in [9.17, 15) is 18.0 Å². The second kappa shape index (κ2) is 6.68. The van der Waals surface area contributed by atoms with Gasteiger partial charge < -0.3 is 10.1 Å². The average molecular weight is 275 g/mol. The lowest BCUT2D eigenvalue weighted by Crippen LogP contribution is -2.26. The van der Waals surface area contributed by atoms with Crippen LogP contribution in [0.25, 0.3) is 0 Å². The smallest absolute Gasteiger partial charge is 0.383 e. The Bertz CT molecular complexity index is 444. The molecule has 0 radical (unpaired) electrons. The first kappa shape index (κ1) is 15.7. The molecule has 0 atom stereocenters. The fourth-order valence-corrected chi connectivity index (χ4v) is 1.62. The molecule has 0 heterocycles. The molecule has 1 aromatic rings. The van der Waals surface area contributed by atoms with Gasteiger partial charge in [0.2, 0.25) is 0 Å². The van der Waals surface area contributed by atoms with Gasteiger partial charge in [-0.3, -0.25) is 4.79 Å². The third-order valence-corrected chi connectivity index (χ3v) is 2.62. The Hall–Kier alpha value is -1.40. The molecule has 0 aromatic heterocycles. The number of hydrogen-bond donors (Lipinski definition) is 1. The van der Waals surface area contributed by atoms with Gasteiger partial charge in [0.25, 0.3) is 0 Å². The molecule has 0 saturated heterocycles. The van der Waals surface area contributed by atoms with Crippen molar-refractivity contribution in [1.82, 2.24) is 5.32 Å². The van der Waals surface area contributed by atoms with E-state index in [4.69, 9.17) is 4.74 Å². The van der Waals surface area contributed by atoms with E-state index in [0.29, 0.717) is 24.3 Å². The van der Waals surface area contributed by atoms with E-state index in [-0.39, 0.29) is 12.3 Å². The van der Waals surface area contributed by atoms with Crippen LogP contribution in [0, 0.1) is 6.92 Å². The Balaban J connectivity index is 2.71. The average Bonchev–Trinajstić information content (AvgIpc) is 2.33. The van der Waals surface area contributed by atoms with Crippen molar-refractivity contribution in [3.05, 3.63) is 34.9 Å². The highest BCUT2D eigenvalue weighted by Crippen LogP contribution is 2.30. The molecule has 3 nitrogen and oxygen atoms in total. The standard InChI is InChI=1S/C13H16F3NO2/c1-9-7-10(13(14,15)16)3-4-11(9)12(18)8-17-5-6-19-2/h3-4,7,17H,5-6,8H2,1-2H3. The zero-order valence-electron chi connectivity index (χ0n) is 10.8. The molecule has 19 heavy (non-hydrogen) atoms. The number of carbonyl (C=O) groups is 1. The van der Waals surface area contributed by atoms with Crippen LogP contribution in [0.5, 0.6) is 0 Å². The molecule has 0 bridgehead atoms. The van der Waals surface area contributed by atoms with Gasteiger partial charge in [0, 0.05) is 19.2 Å². The van der Waals surface area contributed by atoms with Crippen molar-refractivity contribution in [2.75, 3.05) is 26.8 Å². The molecule has 1 N–H and O–H groups in total. The van der Waals surface area contributed by atoms with Crippen molar-refractivity contribution in [2.45, 2.75) is 13.1 Å². The van der Waals surface area contributed by atoms with Crippen molar-refractivity contribution in [1.29, 1.82) is 0 Å². The maximum Gasteiger partial charge on any atom is 0.416 e. The lowest BCUT2D eigenvalue weighted by atomic mass is 10.0. The second-order valence-corrected chi connectivity index (χ2v) is 4.12. The number of rotatable bonds is 6. The minimum absolute atomic E-state index is 0.0789. The highest BCUT2D eigenvalue weighted by molar-refractivity contribution is 5.98. The third-order valence-electron chi connectivity index (χ3n) is 2.62. The van der Waals surface area contributed by atoms with Crippen LogP contribution in [0.2, 0.25) is 0 Å². The molecule has 0 aliphatic heterocycles. The molecule has 1 rings (SSSR count). The van der Waals surface area contributed by atoms with Crippen LogP contribution in [-0.4, -0.2) is 32.6 Å². The van der Waals surface area contributed by atoms with E-state index in [2.05, 4.69) is 5.32 Å². The topological polar surface area (TPSA) is 38.3 Å². The van der Waals surface area contributed by atoms with E-state index in [1.54, 1.807) is 7.11 Å². The number of alkyl halides is 3. The fourth-order valence-electron chi connectivity index (χ4n) is 1.62. The number of halogens is 3. The summed E-state index contributed by atoms with van der Waals surface area (Å²) in [5.74, 6) is -0.234. The Morgan fingerprint density at radius 2 is 2.05 bits per heavy atom. The van der Waals surface area contributed by atoms with Gasteiger partial charge in [0.05, 0.1) is 18.7 Å². The monoisotopic (exact) mass is 275 g/mol. The Morgan fingerprint density at radius 3 is 2.58 bits per heavy atom. The maximum atomic E-state index is 12.5. The maximum absolute atomic E-state index is 12.5. The molecule has 0 aliphatic carbocycles. The minimum atomic E-state index is -4.39. The number of hydrogen-bond acceptors (Lipinski definition) is 3. The van der Waals surface area contributed by atoms with Gasteiger partial charge in [-0.05, 0) is 24.6 Å². The number of aryl methyl sites for hydroxylation is 1. The lowest BCUT2D eigenvalue weighted by Gasteiger charge is -2.10. The number of ketones is 1. The third kappa shape index (κ3) is 4.65. The molecular formula is C13H16F3NO2. The summed E-state index contributed by atoms with van der Waals surface area (Å²) >= 11 is 0. The van der Waals surface area contributed by atoms with Crippen LogP contribution in [0.15, 0.2) is 18.2 Å². The number of benzene rings is 1. The van der Waals surface area contributed by atoms with Gasteiger partial charge >= 0.3 is 6.18 Å². The number of methoxy groups -OCH3 is 1. The Labute approximate surface area is 109 Å². The van der Waals surface area contributed by atoms with Gasteiger partial charge in [0.15, 0.2) is 5.78 Å². The molecule has 0 spiro atoms. The fraction of sp³-hybridized carbons (Fsp3) is 0.462. The van der Waals surface area contributed by atoms with E-state index >= 15 is 0 Å². The van der Waals surface area contributed by atoms with Crippen molar-refractivity contribution in [2.24, 2.45) is 0 Å². The van der Waals surface area contributed by atoms with Crippen molar-refractivity contribution < 1.29 is 22.7 Å². The van der Waals surface area contributed by atoms with Crippen molar-refractivity contribution in [3.63, 3.8) is 0 Å². The Kier molecular flexibility index (Phi) is 5.50. The van der Waals surface area contributed by atoms with E-state index < -0.39 is 11.7 Å². The van der Waals surface area contributed by atoms with Crippen LogP contribution >= 0.6 is 0 Å². The SMILES string of the molecule is COCCNCC(=O)c1ccc(C(F)(F)F)cc1C. The normalized spacial score (nSPS) is 11.6. The zero-order chi connectivity index (χ0) is 14.5. The van der Waals surface area contributed by atoms with Crippen LogP contribution in [-0.2, 0) is 10.9 Å². The summed E-state index contributed by atoms with van der Waals surface area (Å²) in [6.45, 7) is 2.56. The number of carbonyl (C=O) groups excluding carboxylic acids is 1. The van der Waals surface area contributed by atoms with Gasteiger partial charge in [-0.2, -0.15) is 13.2 Å². The molecule has 0 saturated carbocycles. The van der Waals surface area contributed by atoms with Gasteiger partial charge in [0.1, 0.15) is 0 Å². The molecule has 6 heteroatoms. The van der Waals surface area contributed by atoms with Crippen LogP contribution in [0.3, 0.4) is 0 Å². The second-order valence-electron chi connectivity index (χ2n) is 4.12. The summed E-state index contributed by atoms with van der Waals surface area (Å²) in [5, 5.41) is 2.86. The summed E-state index contributed by atoms with van der Waals surface area (Å²) in [4.78, 5) is 11.8. The van der Waals surface area contributed by atoms with E-state index in [0.717, 1.165) is 12.1 Å². The molecular weight excluding hydrogens is 259 g/mol. The van der Waals surface area contributed by atoms with Crippen LogP contribution in [0.4, 0.5) is 13.2 Å². The quantitative estimate of drug-likeness (QED) is 0.640. The summed E-state index contributed by atoms with van der Waals surface area (Å²) in [5.41, 5.74) is -0.111. The molecule has 1 aromatic carbocycles.